The minimum Gasteiger partial charge on any atom is -0.482 e. The number of rotatable bonds is 8. The van der Waals surface area contributed by atoms with E-state index in [1.54, 1.807) is 23.0 Å². The standard InChI is InChI=1S/C26H26Cl2N4O2/c1-4-5-6-18-7-9-19(10-8-18)32-30-23-13-20(27)22(14-24(23)31-32)29-25(33)15-34-26-17(3)11-16(2)12-21(26)28/h7-14H,4-6,15H2,1-3H3,(H,29,33). The summed E-state index contributed by atoms with van der Waals surface area (Å²) in [4.78, 5) is 14.1. The Morgan fingerprint density at radius 3 is 2.38 bits per heavy atom. The molecule has 0 radical (unpaired) electrons. The molecule has 0 aliphatic heterocycles. The number of amides is 1. The van der Waals surface area contributed by atoms with Gasteiger partial charge in [-0.3, -0.25) is 4.79 Å². The highest BCUT2D eigenvalue weighted by Crippen LogP contribution is 2.30. The molecule has 0 fully saturated rings. The maximum Gasteiger partial charge on any atom is 0.262 e. The van der Waals surface area contributed by atoms with Crippen LogP contribution in [0.3, 0.4) is 0 Å². The van der Waals surface area contributed by atoms with Gasteiger partial charge in [0.15, 0.2) is 6.61 Å². The second-order valence-electron chi connectivity index (χ2n) is 8.31. The van der Waals surface area contributed by atoms with Crippen LogP contribution in [0.1, 0.15) is 36.5 Å². The van der Waals surface area contributed by atoms with E-state index in [0.717, 1.165) is 23.2 Å². The third-order valence-electron chi connectivity index (χ3n) is 5.45. The summed E-state index contributed by atoms with van der Waals surface area (Å²) in [7, 11) is 0. The molecule has 3 aromatic carbocycles. The lowest BCUT2D eigenvalue weighted by molar-refractivity contribution is -0.118. The molecule has 0 saturated heterocycles. The number of anilines is 1. The van der Waals surface area contributed by atoms with Gasteiger partial charge >= 0.3 is 0 Å². The Kier molecular flexibility index (Phi) is 7.39. The first kappa shape index (κ1) is 24.0. The number of nitrogens with zero attached hydrogens (tertiary/aromatic N) is 3. The summed E-state index contributed by atoms with van der Waals surface area (Å²) in [6.45, 7) is 5.82. The molecule has 0 bridgehead atoms. The zero-order valence-corrected chi connectivity index (χ0v) is 20.9. The first-order valence-electron chi connectivity index (χ1n) is 11.2. The van der Waals surface area contributed by atoms with Crippen LogP contribution in [0, 0.1) is 13.8 Å². The van der Waals surface area contributed by atoms with E-state index in [1.165, 1.54) is 18.4 Å². The lowest BCUT2D eigenvalue weighted by Gasteiger charge is -2.12. The van der Waals surface area contributed by atoms with Crippen molar-refractivity contribution in [2.45, 2.75) is 40.0 Å². The summed E-state index contributed by atoms with van der Waals surface area (Å²) in [6.07, 6.45) is 3.39. The number of benzene rings is 3. The Morgan fingerprint density at radius 2 is 1.71 bits per heavy atom. The summed E-state index contributed by atoms with van der Waals surface area (Å²) < 4.78 is 5.66. The van der Waals surface area contributed by atoms with Gasteiger partial charge in [-0.25, -0.2) is 0 Å². The maximum absolute atomic E-state index is 12.5. The van der Waals surface area contributed by atoms with Gasteiger partial charge in [-0.05, 0) is 73.7 Å². The van der Waals surface area contributed by atoms with Crippen molar-refractivity contribution in [3.63, 3.8) is 0 Å². The molecule has 0 unspecified atom stereocenters. The van der Waals surface area contributed by atoms with E-state index in [2.05, 4.69) is 34.6 Å². The van der Waals surface area contributed by atoms with Gasteiger partial charge in [-0.2, -0.15) is 4.80 Å². The average molecular weight is 497 g/mol. The molecule has 176 valence electrons. The van der Waals surface area contributed by atoms with E-state index < -0.39 is 0 Å². The van der Waals surface area contributed by atoms with Crippen LogP contribution in [0.5, 0.6) is 5.75 Å². The van der Waals surface area contributed by atoms with Crippen LogP contribution in [0.25, 0.3) is 16.7 Å². The number of carbonyl (C=O) groups is 1. The molecule has 4 rings (SSSR count). The van der Waals surface area contributed by atoms with Crippen molar-refractivity contribution < 1.29 is 9.53 Å². The number of unbranched alkanes of at least 4 members (excludes halogenated alkanes) is 1. The van der Waals surface area contributed by atoms with Crippen LogP contribution >= 0.6 is 23.2 Å². The molecular weight excluding hydrogens is 471 g/mol. The Morgan fingerprint density at radius 1 is 1.00 bits per heavy atom. The second kappa shape index (κ2) is 10.5. The summed E-state index contributed by atoms with van der Waals surface area (Å²) >= 11 is 12.7. The van der Waals surface area contributed by atoms with Crippen LogP contribution in [-0.4, -0.2) is 27.5 Å². The van der Waals surface area contributed by atoms with Crippen molar-refractivity contribution in [1.29, 1.82) is 0 Å². The van der Waals surface area contributed by atoms with Crippen molar-refractivity contribution in [2.24, 2.45) is 0 Å². The summed E-state index contributed by atoms with van der Waals surface area (Å²) in [6, 6.07) is 15.3. The van der Waals surface area contributed by atoms with Crippen molar-refractivity contribution in [3.8, 4) is 11.4 Å². The first-order valence-corrected chi connectivity index (χ1v) is 11.9. The SMILES string of the molecule is CCCCc1ccc(-n2nc3cc(Cl)c(NC(=O)COc4c(C)cc(C)cc4Cl)cc3n2)cc1. The summed E-state index contributed by atoms with van der Waals surface area (Å²) in [5.74, 6) is 0.139. The lowest BCUT2D eigenvalue weighted by atomic mass is 10.1. The highest BCUT2D eigenvalue weighted by atomic mass is 35.5. The van der Waals surface area contributed by atoms with E-state index in [0.29, 0.717) is 32.5 Å². The Balaban J connectivity index is 1.47. The molecule has 0 atom stereocenters. The number of ether oxygens (including phenoxy) is 1. The molecule has 8 heteroatoms. The van der Waals surface area contributed by atoms with Crippen LogP contribution in [0.2, 0.25) is 10.0 Å². The van der Waals surface area contributed by atoms with Gasteiger partial charge in [0.25, 0.3) is 5.91 Å². The normalized spacial score (nSPS) is 11.1. The topological polar surface area (TPSA) is 69.0 Å². The summed E-state index contributed by atoms with van der Waals surface area (Å²) in [5.41, 5.74) is 5.74. The largest absolute Gasteiger partial charge is 0.482 e. The van der Waals surface area contributed by atoms with E-state index in [-0.39, 0.29) is 12.5 Å². The van der Waals surface area contributed by atoms with Gasteiger partial charge in [0.2, 0.25) is 0 Å². The zero-order chi connectivity index (χ0) is 24.2. The van der Waals surface area contributed by atoms with Crippen LogP contribution < -0.4 is 10.1 Å². The molecule has 34 heavy (non-hydrogen) atoms. The van der Waals surface area contributed by atoms with E-state index >= 15 is 0 Å². The fourth-order valence-electron chi connectivity index (χ4n) is 3.74. The molecule has 1 aromatic heterocycles. The predicted molar refractivity (Wildman–Crippen MR) is 138 cm³/mol. The van der Waals surface area contributed by atoms with Gasteiger partial charge in [0, 0.05) is 0 Å². The van der Waals surface area contributed by atoms with Gasteiger partial charge in [0.05, 0.1) is 21.4 Å². The number of hydrogen-bond acceptors (Lipinski definition) is 4. The van der Waals surface area contributed by atoms with Gasteiger partial charge in [0.1, 0.15) is 16.8 Å². The second-order valence-corrected chi connectivity index (χ2v) is 9.12. The number of carbonyl (C=O) groups excluding carboxylic acids is 1. The van der Waals surface area contributed by atoms with E-state index in [9.17, 15) is 4.79 Å². The molecule has 1 N–H and O–H groups in total. The molecule has 0 saturated carbocycles. The van der Waals surface area contributed by atoms with E-state index in [1.807, 2.05) is 32.0 Å². The Labute approximate surface area is 208 Å². The molecule has 1 amide bonds. The minimum absolute atomic E-state index is 0.199. The van der Waals surface area contributed by atoms with Crippen molar-refractivity contribution in [2.75, 3.05) is 11.9 Å². The highest BCUT2D eigenvalue weighted by Gasteiger charge is 2.14. The molecule has 0 spiro atoms. The average Bonchev–Trinajstić information content (AvgIpc) is 3.20. The summed E-state index contributed by atoms with van der Waals surface area (Å²) in [5, 5.41) is 12.7. The Bertz CT molecular complexity index is 1310. The number of aromatic nitrogens is 3. The van der Waals surface area contributed by atoms with Crippen LogP contribution in [0.15, 0.2) is 48.5 Å². The molecule has 0 aliphatic carbocycles. The van der Waals surface area contributed by atoms with Crippen molar-refractivity contribution >= 4 is 45.8 Å². The van der Waals surface area contributed by atoms with Crippen LogP contribution in [-0.2, 0) is 11.2 Å². The molecule has 0 aliphatic rings. The lowest BCUT2D eigenvalue weighted by Crippen LogP contribution is -2.20. The number of nitrogens with one attached hydrogen (secondary N) is 1. The minimum atomic E-state index is -0.354. The quantitative estimate of drug-likeness (QED) is 0.294. The first-order chi connectivity index (χ1) is 16.3. The van der Waals surface area contributed by atoms with Crippen molar-refractivity contribution in [3.05, 3.63) is 75.3 Å². The number of aryl methyl sites for hydroxylation is 3. The third kappa shape index (κ3) is 5.51. The number of fused-ring (bicyclic) bond motifs is 1. The van der Waals surface area contributed by atoms with Crippen LogP contribution in [0.4, 0.5) is 5.69 Å². The Hall–Kier alpha value is -3.09. The fraction of sp³-hybridized carbons (Fsp3) is 0.269. The van der Waals surface area contributed by atoms with Gasteiger partial charge < -0.3 is 10.1 Å². The molecule has 6 nitrogen and oxygen atoms in total. The fourth-order valence-corrected chi connectivity index (χ4v) is 4.32. The third-order valence-corrected chi connectivity index (χ3v) is 6.04. The molecule has 4 aromatic rings. The highest BCUT2D eigenvalue weighted by molar-refractivity contribution is 6.34. The zero-order valence-electron chi connectivity index (χ0n) is 19.4. The number of halogens is 2. The number of hydrogen-bond donors (Lipinski definition) is 1. The van der Waals surface area contributed by atoms with E-state index in [4.69, 9.17) is 27.9 Å². The van der Waals surface area contributed by atoms with Gasteiger partial charge in [-0.15, -0.1) is 10.2 Å². The smallest absolute Gasteiger partial charge is 0.262 e. The maximum atomic E-state index is 12.5. The van der Waals surface area contributed by atoms with Crippen molar-refractivity contribution in [1.82, 2.24) is 15.0 Å². The molecular formula is C26H26Cl2N4O2. The monoisotopic (exact) mass is 496 g/mol. The predicted octanol–water partition coefficient (Wildman–Crippen LogP) is 6.70. The van der Waals surface area contributed by atoms with Gasteiger partial charge in [-0.1, -0.05) is 54.7 Å². The molecule has 1 heterocycles.